The second kappa shape index (κ2) is 4.44. The van der Waals surface area contributed by atoms with Crippen LogP contribution in [0.15, 0.2) is 12.2 Å². The largest absolute Gasteiger partial charge is 0.393 e. The molecule has 0 amide bonds. The summed E-state index contributed by atoms with van der Waals surface area (Å²) in [6, 6.07) is 0. The number of hydrogen-bond acceptors (Lipinski definition) is 2. The molecule has 0 heterocycles. The minimum absolute atomic E-state index is 0.0782. The first-order chi connectivity index (χ1) is 9.95. The number of hydrogen-bond donors (Lipinski definition) is 1. The van der Waals surface area contributed by atoms with Crippen molar-refractivity contribution in [2.24, 2.45) is 34.5 Å². The van der Waals surface area contributed by atoms with Crippen LogP contribution in [-0.4, -0.2) is 17.0 Å². The minimum Gasteiger partial charge on any atom is -0.393 e. The van der Waals surface area contributed by atoms with E-state index in [1.165, 1.54) is 12.8 Å². The van der Waals surface area contributed by atoms with Crippen LogP contribution in [0.25, 0.3) is 0 Å². The molecule has 116 valence electrons. The fourth-order valence-electron chi connectivity index (χ4n) is 6.40. The number of rotatable bonds is 0. The quantitative estimate of drug-likeness (QED) is 0.690. The second-order valence-corrected chi connectivity index (χ2v) is 8.61. The summed E-state index contributed by atoms with van der Waals surface area (Å²) in [5.41, 5.74) is 0.185. The van der Waals surface area contributed by atoms with Gasteiger partial charge in [0.05, 0.1) is 6.10 Å². The summed E-state index contributed by atoms with van der Waals surface area (Å²) in [6.45, 7) is 4.64. The first-order valence-corrected chi connectivity index (χ1v) is 8.86. The topological polar surface area (TPSA) is 37.3 Å². The number of aliphatic hydroxyl groups excluding tert-OH is 1. The Kier molecular flexibility index (Phi) is 2.96. The molecule has 3 saturated carbocycles. The van der Waals surface area contributed by atoms with Crippen molar-refractivity contribution in [3.63, 3.8) is 0 Å². The maximum Gasteiger partial charge on any atom is 0.142 e. The summed E-state index contributed by atoms with van der Waals surface area (Å²) < 4.78 is 0. The molecule has 0 saturated heterocycles. The van der Waals surface area contributed by atoms with Crippen LogP contribution in [0.1, 0.15) is 58.8 Å². The SMILES string of the molecule is C[C@]12CC[C@@H](O)C[C@@H]1CC[C@@H]1[C@@H]2C=C[C@]2(C)C(=O)CC[C@@H]12. The van der Waals surface area contributed by atoms with E-state index >= 15 is 0 Å². The Balaban J connectivity index is 1.70. The van der Waals surface area contributed by atoms with Crippen molar-refractivity contribution in [3.05, 3.63) is 12.2 Å². The van der Waals surface area contributed by atoms with Crippen molar-refractivity contribution in [2.45, 2.75) is 64.9 Å². The molecule has 0 unspecified atom stereocenters. The normalized spacial score (nSPS) is 55.8. The Hall–Kier alpha value is -0.630. The lowest BCUT2D eigenvalue weighted by molar-refractivity contribution is -0.127. The Bertz CT molecular complexity index is 496. The second-order valence-electron chi connectivity index (χ2n) is 8.61. The lowest BCUT2D eigenvalue weighted by Gasteiger charge is -2.57. The van der Waals surface area contributed by atoms with Crippen molar-refractivity contribution < 1.29 is 9.90 Å². The number of Topliss-reactive ketones (excluding diaryl/α,β-unsaturated/α-hetero) is 1. The molecule has 0 aromatic carbocycles. The zero-order valence-corrected chi connectivity index (χ0v) is 13.3. The molecule has 2 nitrogen and oxygen atoms in total. The monoisotopic (exact) mass is 288 g/mol. The molecule has 3 fully saturated rings. The average Bonchev–Trinajstić information content (AvgIpc) is 2.76. The van der Waals surface area contributed by atoms with E-state index in [1.807, 2.05) is 0 Å². The highest BCUT2D eigenvalue weighted by Crippen LogP contribution is 2.63. The van der Waals surface area contributed by atoms with E-state index in [2.05, 4.69) is 26.0 Å². The van der Waals surface area contributed by atoms with E-state index < -0.39 is 0 Å². The summed E-state index contributed by atoms with van der Waals surface area (Å²) in [4.78, 5) is 12.3. The van der Waals surface area contributed by atoms with Gasteiger partial charge in [0.25, 0.3) is 0 Å². The van der Waals surface area contributed by atoms with Gasteiger partial charge in [-0.15, -0.1) is 0 Å². The Morgan fingerprint density at radius 1 is 1.19 bits per heavy atom. The Morgan fingerprint density at radius 2 is 2.00 bits per heavy atom. The average molecular weight is 288 g/mol. The van der Waals surface area contributed by atoms with E-state index in [0.717, 1.165) is 32.1 Å². The summed E-state index contributed by atoms with van der Waals surface area (Å²) in [5.74, 6) is 3.04. The molecule has 0 aromatic rings. The van der Waals surface area contributed by atoms with Gasteiger partial charge in [0.1, 0.15) is 5.78 Å². The van der Waals surface area contributed by atoms with Gasteiger partial charge in [0.15, 0.2) is 0 Å². The molecule has 7 atom stereocenters. The van der Waals surface area contributed by atoms with E-state index in [0.29, 0.717) is 34.9 Å². The highest BCUT2D eigenvalue weighted by atomic mass is 16.3. The van der Waals surface area contributed by atoms with Crippen LogP contribution >= 0.6 is 0 Å². The number of allylic oxidation sites excluding steroid dienone is 2. The van der Waals surface area contributed by atoms with Crippen molar-refractivity contribution in [3.8, 4) is 0 Å². The smallest absolute Gasteiger partial charge is 0.142 e. The van der Waals surface area contributed by atoms with Crippen LogP contribution in [0.3, 0.4) is 0 Å². The summed E-state index contributed by atoms with van der Waals surface area (Å²) in [6.07, 6.45) is 12.1. The molecule has 1 N–H and O–H groups in total. The zero-order valence-electron chi connectivity index (χ0n) is 13.3. The zero-order chi connectivity index (χ0) is 14.8. The van der Waals surface area contributed by atoms with E-state index in [1.54, 1.807) is 0 Å². The number of fused-ring (bicyclic) bond motifs is 5. The fourth-order valence-corrected chi connectivity index (χ4v) is 6.40. The molecule has 0 bridgehead atoms. The predicted octanol–water partition coefficient (Wildman–Crippen LogP) is 3.74. The fraction of sp³-hybridized carbons (Fsp3) is 0.842. The van der Waals surface area contributed by atoms with Gasteiger partial charge in [0.2, 0.25) is 0 Å². The van der Waals surface area contributed by atoms with Crippen LogP contribution in [0.2, 0.25) is 0 Å². The van der Waals surface area contributed by atoms with Gasteiger partial charge in [-0.05, 0) is 74.5 Å². The van der Waals surface area contributed by atoms with Gasteiger partial charge in [-0.1, -0.05) is 19.1 Å². The molecule has 0 radical (unpaired) electrons. The lowest BCUT2D eigenvalue weighted by Crippen LogP contribution is -2.52. The predicted molar refractivity (Wildman–Crippen MR) is 82.6 cm³/mol. The lowest BCUT2D eigenvalue weighted by atomic mass is 9.47. The third kappa shape index (κ3) is 1.78. The van der Waals surface area contributed by atoms with Crippen LogP contribution in [-0.2, 0) is 4.79 Å². The standard InChI is InChI=1S/C19H28O2/c1-18-9-7-13(20)11-12(18)3-4-14-15-5-6-17(21)19(15,2)10-8-16(14)18/h8,10,12-16,20H,3-7,9,11H2,1-2H3/t12-,13+,14-,15-,16-,18-,19-/m0/s1. The van der Waals surface area contributed by atoms with E-state index in [4.69, 9.17) is 0 Å². The van der Waals surface area contributed by atoms with Gasteiger partial charge in [-0.2, -0.15) is 0 Å². The molecule has 0 spiro atoms. The van der Waals surface area contributed by atoms with E-state index in [-0.39, 0.29) is 11.5 Å². The maximum atomic E-state index is 12.3. The number of carbonyl (C=O) groups is 1. The summed E-state index contributed by atoms with van der Waals surface area (Å²) >= 11 is 0. The van der Waals surface area contributed by atoms with Crippen LogP contribution in [0.5, 0.6) is 0 Å². The Morgan fingerprint density at radius 3 is 2.81 bits per heavy atom. The van der Waals surface area contributed by atoms with Gasteiger partial charge in [-0.25, -0.2) is 0 Å². The number of carbonyl (C=O) groups excluding carboxylic acids is 1. The highest BCUT2D eigenvalue weighted by molar-refractivity contribution is 5.89. The van der Waals surface area contributed by atoms with E-state index in [9.17, 15) is 9.90 Å². The van der Waals surface area contributed by atoms with Gasteiger partial charge < -0.3 is 5.11 Å². The third-order valence-corrected chi connectivity index (χ3v) is 7.80. The van der Waals surface area contributed by atoms with Crippen molar-refractivity contribution in [1.29, 1.82) is 0 Å². The van der Waals surface area contributed by atoms with Crippen LogP contribution in [0, 0.1) is 34.5 Å². The van der Waals surface area contributed by atoms with Gasteiger partial charge in [0, 0.05) is 11.8 Å². The highest BCUT2D eigenvalue weighted by Gasteiger charge is 2.58. The van der Waals surface area contributed by atoms with Crippen molar-refractivity contribution in [1.82, 2.24) is 0 Å². The van der Waals surface area contributed by atoms with Crippen molar-refractivity contribution in [2.75, 3.05) is 0 Å². The maximum absolute atomic E-state index is 12.3. The first kappa shape index (κ1) is 14.0. The molecule has 4 rings (SSSR count). The Labute approximate surface area is 128 Å². The third-order valence-electron chi connectivity index (χ3n) is 7.80. The summed E-state index contributed by atoms with van der Waals surface area (Å²) in [5, 5.41) is 10.0. The van der Waals surface area contributed by atoms with Crippen LogP contribution in [0.4, 0.5) is 0 Å². The van der Waals surface area contributed by atoms with Crippen LogP contribution < -0.4 is 0 Å². The molecule has 21 heavy (non-hydrogen) atoms. The number of ketones is 1. The first-order valence-electron chi connectivity index (χ1n) is 8.86. The molecule has 2 heteroatoms. The molecule has 0 aliphatic heterocycles. The van der Waals surface area contributed by atoms with Gasteiger partial charge >= 0.3 is 0 Å². The van der Waals surface area contributed by atoms with Gasteiger partial charge in [-0.3, -0.25) is 4.79 Å². The minimum atomic E-state index is -0.168. The number of aliphatic hydroxyl groups is 1. The molecule has 4 aliphatic rings. The van der Waals surface area contributed by atoms with Crippen molar-refractivity contribution >= 4 is 5.78 Å². The molecular formula is C19H28O2. The molecule has 4 aliphatic carbocycles. The summed E-state index contributed by atoms with van der Waals surface area (Å²) in [7, 11) is 0. The molecular weight excluding hydrogens is 260 g/mol. The molecule has 0 aromatic heterocycles.